The minimum Gasteiger partial charge on any atom is -0.478 e. The van der Waals surface area contributed by atoms with Crippen molar-refractivity contribution < 1.29 is 14.7 Å². The van der Waals surface area contributed by atoms with Crippen LogP contribution < -0.4 is 5.32 Å². The summed E-state index contributed by atoms with van der Waals surface area (Å²) in [5.41, 5.74) is 0.854. The van der Waals surface area contributed by atoms with Crippen molar-refractivity contribution in [3.05, 3.63) is 34.2 Å². The minimum atomic E-state index is -1.10. The highest BCUT2D eigenvalue weighted by atomic mass is 35.5. The van der Waals surface area contributed by atoms with E-state index in [4.69, 9.17) is 16.7 Å². The second kappa shape index (κ2) is 5.16. The first-order chi connectivity index (χ1) is 9.97. The number of halogens is 1. The summed E-state index contributed by atoms with van der Waals surface area (Å²) in [7, 11) is 0. The molecule has 0 atom stereocenters. The van der Waals surface area contributed by atoms with Crippen molar-refractivity contribution in [3.63, 3.8) is 0 Å². The molecule has 1 aliphatic rings. The molecule has 0 unspecified atom stereocenters. The third-order valence-corrected chi connectivity index (χ3v) is 4.35. The molecular weight excluding hydrogens is 314 g/mol. The summed E-state index contributed by atoms with van der Waals surface area (Å²) >= 11 is 6.92. The Labute approximate surface area is 129 Å². The molecule has 0 radical (unpaired) electrons. The van der Waals surface area contributed by atoms with Crippen molar-refractivity contribution in [3.8, 4) is 0 Å². The summed E-state index contributed by atoms with van der Waals surface area (Å²) in [6, 6.07) is 1.89. The monoisotopic (exact) mass is 325 g/mol. The lowest BCUT2D eigenvalue weighted by atomic mass is 10.2. The number of carboxylic acid groups (broad SMARTS) is 1. The molecule has 1 amide bonds. The Bertz CT molecular complexity index is 733. The maximum Gasteiger partial charge on any atom is 0.340 e. The average Bonchev–Trinajstić information content (AvgIpc) is 3.09. The average molecular weight is 326 g/mol. The number of aromatic carboxylic acids is 1. The zero-order valence-corrected chi connectivity index (χ0v) is 12.7. The number of hydrogen-bond acceptors (Lipinski definition) is 4. The van der Waals surface area contributed by atoms with Gasteiger partial charge < -0.3 is 15.0 Å². The SMILES string of the molecule is Cc1nsc(NC(=O)c2cc(Cl)cn2C2CC2)c1C(=O)O. The van der Waals surface area contributed by atoms with Crippen molar-refractivity contribution in [1.82, 2.24) is 8.94 Å². The lowest BCUT2D eigenvalue weighted by Gasteiger charge is -2.07. The highest BCUT2D eigenvalue weighted by Crippen LogP contribution is 2.37. The fourth-order valence-corrected chi connectivity index (χ4v) is 3.15. The van der Waals surface area contributed by atoms with Gasteiger partial charge in [0.2, 0.25) is 0 Å². The van der Waals surface area contributed by atoms with Gasteiger partial charge in [0.25, 0.3) is 5.91 Å². The van der Waals surface area contributed by atoms with E-state index in [0.717, 1.165) is 24.4 Å². The molecule has 0 saturated heterocycles. The number of nitrogens with one attached hydrogen (secondary N) is 1. The van der Waals surface area contributed by atoms with Crippen LogP contribution in [0, 0.1) is 6.92 Å². The molecule has 2 N–H and O–H groups in total. The summed E-state index contributed by atoms with van der Waals surface area (Å²) in [5, 5.41) is 12.5. The summed E-state index contributed by atoms with van der Waals surface area (Å²) in [6.45, 7) is 1.60. The molecular formula is C13H12ClN3O3S. The van der Waals surface area contributed by atoms with E-state index in [1.165, 1.54) is 0 Å². The van der Waals surface area contributed by atoms with Gasteiger partial charge in [-0.3, -0.25) is 4.79 Å². The summed E-state index contributed by atoms with van der Waals surface area (Å²) in [4.78, 5) is 23.6. The van der Waals surface area contributed by atoms with Crippen molar-refractivity contribution in [1.29, 1.82) is 0 Å². The number of amides is 1. The van der Waals surface area contributed by atoms with E-state index >= 15 is 0 Å². The number of carbonyl (C=O) groups excluding carboxylic acids is 1. The van der Waals surface area contributed by atoms with Gasteiger partial charge in [0.1, 0.15) is 16.3 Å². The Kier molecular flexibility index (Phi) is 3.46. The quantitative estimate of drug-likeness (QED) is 0.904. The molecule has 110 valence electrons. The maximum absolute atomic E-state index is 12.4. The number of carbonyl (C=O) groups is 2. The molecule has 1 fully saturated rings. The molecule has 2 aromatic rings. The molecule has 0 aliphatic heterocycles. The van der Waals surface area contributed by atoms with Gasteiger partial charge in [-0.05, 0) is 37.4 Å². The lowest BCUT2D eigenvalue weighted by molar-refractivity contribution is 0.0697. The lowest BCUT2D eigenvalue weighted by Crippen LogP contribution is -2.17. The third kappa shape index (κ3) is 2.66. The van der Waals surface area contributed by atoms with E-state index in [0.29, 0.717) is 22.5 Å². The second-order valence-corrected chi connectivity index (χ2v) is 6.12. The highest BCUT2D eigenvalue weighted by Gasteiger charge is 2.28. The van der Waals surface area contributed by atoms with Gasteiger partial charge in [-0.1, -0.05) is 11.6 Å². The molecule has 1 aliphatic carbocycles. The molecule has 8 heteroatoms. The van der Waals surface area contributed by atoms with Crippen LogP contribution in [0.1, 0.15) is 45.4 Å². The Morgan fingerprint density at radius 2 is 2.24 bits per heavy atom. The summed E-state index contributed by atoms with van der Waals surface area (Å²) in [6.07, 6.45) is 3.76. The van der Waals surface area contributed by atoms with E-state index in [-0.39, 0.29) is 16.5 Å². The summed E-state index contributed by atoms with van der Waals surface area (Å²) < 4.78 is 5.81. The van der Waals surface area contributed by atoms with Gasteiger partial charge in [-0.2, -0.15) is 4.37 Å². The standard InChI is InChI=1S/C13H12ClN3O3S/c1-6-10(13(19)20)12(21-16-6)15-11(18)9-4-7(14)5-17(9)8-2-3-8/h4-5,8H,2-3H2,1H3,(H,15,18)(H,19,20). The van der Waals surface area contributed by atoms with E-state index in [1.807, 2.05) is 4.57 Å². The van der Waals surface area contributed by atoms with Crippen LogP contribution in [0.25, 0.3) is 0 Å². The first-order valence-corrected chi connectivity index (χ1v) is 7.51. The van der Waals surface area contributed by atoms with Crippen LogP contribution in [0.3, 0.4) is 0 Å². The Morgan fingerprint density at radius 1 is 1.52 bits per heavy atom. The van der Waals surface area contributed by atoms with E-state index < -0.39 is 5.97 Å². The molecule has 1 saturated carbocycles. The number of rotatable bonds is 4. The first-order valence-electron chi connectivity index (χ1n) is 6.35. The van der Waals surface area contributed by atoms with Crippen LogP contribution in [-0.4, -0.2) is 25.9 Å². The van der Waals surface area contributed by atoms with Gasteiger partial charge in [-0.25, -0.2) is 4.79 Å². The largest absolute Gasteiger partial charge is 0.478 e. The van der Waals surface area contributed by atoms with Crippen molar-refractivity contribution >= 4 is 40.0 Å². The molecule has 3 rings (SSSR count). The molecule has 0 bridgehead atoms. The molecule has 6 nitrogen and oxygen atoms in total. The molecule has 2 aromatic heterocycles. The Hall–Kier alpha value is -1.86. The zero-order valence-electron chi connectivity index (χ0n) is 11.1. The van der Waals surface area contributed by atoms with Crippen LogP contribution in [0.15, 0.2) is 12.3 Å². The first kappa shape index (κ1) is 14.1. The number of anilines is 1. The van der Waals surface area contributed by atoms with E-state index in [1.54, 1.807) is 19.2 Å². The van der Waals surface area contributed by atoms with Gasteiger partial charge in [0, 0.05) is 12.2 Å². The van der Waals surface area contributed by atoms with Gasteiger partial charge in [-0.15, -0.1) is 0 Å². The van der Waals surface area contributed by atoms with E-state index in [2.05, 4.69) is 9.69 Å². The normalized spacial score (nSPS) is 14.2. The Morgan fingerprint density at radius 3 is 2.86 bits per heavy atom. The topological polar surface area (TPSA) is 84.2 Å². The number of carboxylic acids is 1. The van der Waals surface area contributed by atoms with Crippen LogP contribution in [0.4, 0.5) is 5.00 Å². The number of nitrogens with zero attached hydrogens (tertiary/aromatic N) is 2. The number of aromatic nitrogens is 2. The van der Waals surface area contributed by atoms with Gasteiger partial charge >= 0.3 is 5.97 Å². The van der Waals surface area contributed by atoms with Crippen molar-refractivity contribution in [2.24, 2.45) is 0 Å². The number of hydrogen-bond donors (Lipinski definition) is 2. The molecule has 0 aromatic carbocycles. The molecule has 2 heterocycles. The fraction of sp³-hybridized carbons (Fsp3) is 0.308. The summed E-state index contributed by atoms with van der Waals surface area (Å²) in [5.74, 6) is -1.48. The zero-order chi connectivity index (χ0) is 15.1. The van der Waals surface area contributed by atoms with Crippen LogP contribution in [-0.2, 0) is 0 Å². The number of aryl methyl sites for hydroxylation is 1. The fourth-order valence-electron chi connectivity index (χ4n) is 2.16. The predicted octanol–water partition coefficient (Wildman–Crippen LogP) is 3.19. The molecule has 0 spiro atoms. The molecule has 21 heavy (non-hydrogen) atoms. The highest BCUT2D eigenvalue weighted by molar-refractivity contribution is 7.11. The smallest absolute Gasteiger partial charge is 0.340 e. The van der Waals surface area contributed by atoms with E-state index in [9.17, 15) is 9.59 Å². The van der Waals surface area contributed by atoms with Crippen LogP contribution in [0.2, 0.25) is 5.02 Å². The van der Waals surface area contributed by atoms with Gasteiger partial charge in [0.15, 0.2) is 0 Å². The minimum absolute atomic E-state index is 0.0315. The maximum atomic E-state index is 12.4. The van der Waals surface area contributed by atoms with Crippen LogP contribution >= 0.6 is 23.1 Å². The van der Waals surface area contributed by atoms with Crippen LogP contribution in [0.5, 0.6) is 0 Å². The van der Waals surface area contributed by atoms with Gasteiger partial charge in [0.05, 0.1) is 10.7 Å². The predicted molar refractivity (Wildman–Crippen MR) is 79.5 cm³/mol. The Balaban J connectivity index is 1.89. The second-order valence-electron chi connectivity index (χ2n) is 4.91. The third-order valence-electron chi connectivity index (χ3n) is 3.29. The van der Waals surface area contributed by atoms with Crippen molar-refractivity contribution in [2.75, 3.05) is 5.32 Å². The van der Waals surface area contributed by atoms with Crippen molar-refractivity contribution in [2.45, 2.75) is 25.8 Å².